The Morgan fingerprint density at radius 1 is 1.00 bits per heavy atom. The van der Waals surface area contributed by atoms with E-state index in [9.17, 15) is 8.42 Å². The van der Waals surface area contributed by atoms with Gasteiger partial charge in [-0.25, -0.2) is 8.42 Å². The third-order valence-electron chi connectivity index (χ3n) is 3.91. The molecule has 0 unspecified atom stereocenters. The van der Waals surface area contributed by atoms with Crippen LogP contribution < -0.4 is 4.72 Å². The topological polar surface area (TPSA) is 46.2 Å². The molecule has 0 spiro atoms. The first-order valence-electron chi connectivity index (χ1n) is 7.81. The van der Waals surface area contributed by atoms with Crippen LogP contribution in [-0.4, -0.2) is 19.9 Å². The third-order valence-corrected chi connectivity index (χ3v) is 8.70. The van der Waals surface area contributed by atoms with Crippen LogP contribution in [0.5, 0.6) is 0 Å². The molecule has 128 valence electrons. The van der Waals surface area contributed by atoms with Crippen molar-refractivity contribution in [2.75, 3.05) is 16.2 Å². The molecular weight excluding hydrogens is 358 g/mol. The van der Waals surface area contributed by atoms with Crippen LogP contribution in [0.1, 0.15) is 26.8 Å². The van der Waals surface area contributed by atoms with Crippen molar-refractivity contribution in [2.24, 2.45) is 0 Å². The standard InChI is InChI=1S/C18H21NO2S3/c1-12-9-13(2)17(14(3)10-12)24(20,21)19-16-6-4-5-15(11-16)18-22-7-8-23-18/h4-6,9-11,18-19H,7-8H2,1-3H3. The first kappa shape index (κ1) is 17.7. The molecule has 2 aromatic carbocycles. The van der Waals surface area contributed by atoms with Gasteiger partial charge in [0.2, 0.25) is 0 Å². The number of anilines is 1. The highest BCUT2D eigenvalue weighted by Crippen LogP contribution is 2.45. The van der Waals surface area contributed by atoms with Crippen molar-refractivity contribution in [3.63, 3.8) is 0 Å². The molecule has 6 heteroatoms. The van der Waals surface area contributed by atoms with Crippen molar-refractivity contribution in [2.45, 2.75) is 30.2 Å². The van der Waals surface area contributed by atoms with Crippen LogP contribution in [0.3, 0.4) is 0 Å². The zero-order chi connectivity index (χ0) is 17.3. The van der Waals surface area contributed by atoms with Gasteiger partial charge >= 0.3 is 0 Å². The highest BCUT2D eigenvalue weighted by Gasteiger charge is 2.22. The van der Waals surface area contributed by atoms with E-state index >= 15 is 0 Å². The van der Waals surface area contributed by atoms with E-state index in [1.54, 1.807) is 0 Å². The maximum absolute atomic E-state index is 12.9. The van der Waals surface area contributed by atoms with Crippen LogP contribution in [-0.2, 0) is 10.0 Å². The Hall–Kier alpha value is -1.11. The minimum Gasteiger partial charge on any atom is -0.280 e. The molecule has 0 radical (unpaired) electrons. The van der Waals surface area contributed by atoms with E-state index in [4.69, 9.17) is 0 Å². The fraction of sp³-hybridized carbons (Fsp3) is 0.333. The second-order valence-corrected chi connectivity index (χ2v) is 10.4. The van der Waals surface area contributed by atoms with Crippen LogP contribution in [0, 0.1) is 20.8 Å². The Morgan fingerprint density at radius 2 is 1.62 bits per heavy atom. The molecule has 1 saturated heterocycles. The minimum atomic E-state index is -3.60. The minimum absolute atomic E-state index is 0.378. The van der Waals surface area contributed by atoms with Crippen LogP contribution in [0.25, 0.3) is 0 Å². The summed E-state index contributed by atoms with van der Waals surface area (Å²) in [5, 5.41) is 0. The second kappa shape index (κ2) is 7.02. The predicted molar refractivity (Wildman–Crippen MR) is 106 cm³/mol. The summed E-state index contributed by atoms with van der Waals surface area (Å²) in [6, 6.07) is 11.6. The quantitative estimate of drug-likeness (QED) is 0.821. The maximum atomic E-state index is 12.9. The number of hydrogen-bond donors (Lipinski definition) is 1. The van der Waals surface area contributed by atoms with Crippen molar-refractivity contribution >= 4 is 39.2 Å². The van der Waals surface area contributed by atoms with Crippen LogP contribution in [0.15, 0.2) is 41.3 Å². The zero-order valence-electron chi connectivity index (χ0n) is 14.0. The maximum Gasteiger partial charge on any atom is 0.262 e. The van der Waals surface area contributed by atoms with E-state index in [-0.39, 0.29) is 0 Å². The number of nitrogens with one attached hydrogen (secondary N) is 1. The predicted octanol–water partition coefficient (Wildman–Crippen LogP) is 4.89. The second-order valence-electron chi connectivity index (χ2n) is 6.03. The normalized spacial score (nSPS) is 15.6. The first-order chi connectivity index (χ1) is 11.4. The van der Waals surface area contributed by atoms with Crippen molar-refractivity contribution in [3.8, 4) is 0 Å². The van der Waals surface area contributed by atoms with Gasteiger partial charge in [0.15, 0.2) is 0 Å². The number of sulfonamides is 1. The Morgan fingerprint density at radius 3 is 2.25 bits per heavy atom. The smallest absolute Gasteiger partial charge is 0.262 e. The van der Waals surface area contributed by atoms with Crippen LogP contribution in [0.2, 0.25) is 0 Å². The van der Waals surface area contributed by atoms with Gasteiger partial charge < -0.3 is 0 Å². The molecule has 1 fully saturated rings. The highest BCUT2D eigenvalue weighted by atomic mass is 32.2. The van der Waals surface area contributed by atoms with Gasteiger partial charge in [0.25, 0.3) is 10.0 Å². The molecule has 0 saturated carbocycles. The van der Waals surface area contributed by atoms with Gasteiger partial charge in [-0.3, -0.25) is 4.72 Å². The Balaban J connectivity index is 1.91. The van der Waals surface area contributed by atoms with E-state index in [0.29, 0.717) is 15.2 Å². The van der Waals surface area contributed by atoms with E-state index in [2.05, 4.69) is 10.8 Å². The lowest BCUT2D eigenvalue weighted by molar-refractivity contribution is 0.600. The largest absolute Gasteiger partial charge is 0.280 e. The molecule has 0 bridgehead atoms. The molecule has 1 heterocycles. The lowest BCUT2D eigenvalue weighted by atomic mass is 10.1. The number of rotatable bonds is 4. The van der Waals surface area contributed by atoms with Gasteiger partial charge in [0, 0.05) is 17.2 Å². The summed E-state index contributed by atoms with van der Waals surface area (Å²) in [7, 11) is -3.60. The highest BCUT2D eigenvalue weighted by molar-refractivity contribution is 8.19. The van der Waals surface area contributed by atoms with E-state index in [1.807, 2.05) is 74.6 Å². The number of thioether (sulfide) groups is 2. The van der Waals surface area contributed by atoms with Gasteiger partial charge in [-0.2, -0.15) is 0 Å². The molecule has 1 aliphatic heterocycles. The molecule has 0 atom stereocenters. The van der Waals surface area contributed by atoms with E-state index in [0.717, 1.165) is 28.2 Å². The first-order valence-corrected chi connectivity index (χ1v) is 11.4. The van der Waals surface area contributed by atoms with Crippen molar-refractivity contribution in [1.29, 1.82) is 0 Å². The van der Waals surface area contributed by atoms with Crippen LogP contribution >= 0.6 is 23.5 Å². The van der Waals surface area contributed by atoms with Crippen molar-refractivity contribution in [3.05, 3.63) is 58.7 Å². The summed E-state index contributed by atoms with van der Waals surface area (Å²) in [5.74, 6) is 2.29. The summed E-state index contributed by atoms with van der Waals surface area (Å²) in [6.07, 6.45) is 0. The number of hydrogen-bond acceptors (Lipinski definition) is 4. The average molecular weight is 380 g/mol. The SMILES string of the molecule is Cc1cc(C)c(S(=O)(=O)Nc2cccc(C3SCCS3)c2)c(C)c1. The Kier molecular flexibility index (Phi) is 5.18. The number of benzene rings is 2. The number of aryl methyl sites for hydroxylation is 3. The van der Waals surface area contributed by atoms with Crippen LogP contribution in [0.4, 0.5) is 5.69 Å². The average Bonchev–Trinajstić information content (AvgIpc) is 2.99. The summed E-state index contributed by atoms with van der Waals surface area (Å²) >= 11 is 3.82. The van der Waals surface area contributed by atoms with Crippen molar-refractivity contribution < 1.29 is 8.42 Å². The summed E-state index contributed by atoms with van der Waals surface area (Å²) in [4.78, 5) is 0.378. The molecule has 0 aliphatic carbocycles. The molecule has 0 aromatic heterocycles. The zero-order valence-corrected chi connectivity index (χ0v) is 16.4. The van der Waals surface area contributed by atoms with Gasteiger partial charge in [-0.15, -0.1) is 23.5 Å². The molecular formula is C18H21NO2S3. The molecule has 3 nitrogen and oxygen atoms in total. The summed E-state index contributed by atoms with van der Waals surface area (Å²) < 4.78 is 28.9. The Labute approximate surface area is 152 Å². The third kappa shape index (κ3) is 3.76. The molecule has 24 heavy (non-hydrogen) atoms. The van der Waals surface area contributed by atoms with Gasteiger partial charge in [0.05, 0.1) is 9.48 Å². The van der Waals surface area contributed by atoms with Crippen molar-refractivity contribution in [1.82, 2.24) is 0 Å². The van der Waals surface area contributed by atoms with E-state index < -0.39 is 10.0 Å². The Bertz CT molecular complexity index is 833. The molecule has 1 aliphatic rings. The molecule has 2 aromatic rings. The fourth-order valence-electron chi connectivity index (χ4n) is 3.10. The fourth-order valence-corrected chi connectivity index (χ4v) is 7.44. The van der Waals surface area contributed by atoms with Gasteiger partial charge in [-0.05, 0) is 49.6 Å². The summed E-state index contributed by atoms with van der Waals surface area (Å²) in [6.45, 7) is 5.66. The lowest BCUT2D eigenvalue weighted by Crippen LogP contribution is -2.16. The lowest BCUT2D eigenvalue weighted by Gasteiger charge is -2.15. The molecule has 1 N–H and O–H groups in total. The summed E-state index contributed by atoms with van der Waals surface area (Å²) in [5.41, 5.74) is 4.41. The van der Waals surface area contributed by atoms with Gasteiger partial charge in [0.1, 0.15) is 0 Å². The molecule has 0 amide bonds. The van der Waals surface area contributed by atoms with E-state index in [1.165, 1.54) is 5.56 Å². The van der Waals surface area contributed by atoms with Gasteiger partial charge in [-0.1, -0.05) is 29.8 Å². The molecule has 3 rings (SSSR count). The monoisotopic (exact) mass is 379 g/mol.